The molecule has 3 atom stereocenters. The molecule has 61 heavy (non-hydrogen) atoms. The molecule has 0 spiro atoms. The molecule has 0 heterocycles. The molecule has 0 fully saturated rings. The summed E-state index contributed by atoms with van der Waals surface area (Å²) in [5, 5.41) is 9.58. The van der Waals surface area contributed by atoms with E-state index in [2.05, 4.69) is 49.5 Å². The van der Waals surface area contributed by atoms with Crippen molar-refractivity contribution >= 4 is 19.8 Å². The Morgan fingerprint density at radius 1 is 0.590 bits per heavy atom. The van der Waals surface area contributed by atoms with E-state index in [1.807, 2.05) is 34.1 Å². The van der Waals surface area contributed by atoms with Crippen LogP contribution in [0.2, 0.25) is 0 Å². The van der Waals surface area contributed by atoms with Crippen LogP contribution in [-0.4, -0.2) is 81.2 Å². The molecule has 1 N–H and O–H groups in total. The quantitative estimate of drug-likeness (QED) is 0.0209. The van der Waals surface area contributed by atoms with Crippen LogP contribution >= 0.6 is 7.82 Å². The Kier molecular flexibility index (Phi) is 40.5. The van der Waals surface area contributed by atoms with Crippen molar-refractivity contribution in [2.24, 2.45) is 0 Å². The monoisotopic (exact) mass is 882 g/mol. The van der Waals surface area contributed by atoms with Gasteiger partial charge < -0.3 is 33.0 Å². The fraction of sp³-hybridized carbons (Fsp3) is 0.800. The fourth-order valence-electron chi connectivity index (χ4n) is 6.51. The molecule has 0 bridgehead atoms. The third kappa shape index (κ3) is 45.8. The van der Waals surface area contributed by atoms with Crippen molar-refractivity contribution in [2.45, 2.75) is 212 Å². The van der Waals surface area contributed by atoms with Gasteiger partial charge in [-0.1, -0.05) is 178 Å². The van der Waals surface area contributed by atoms with Crippen LogP contribution in [0.15, 0.2) is 48.6 Å². The molecule has 0 amide bonds. The van der Waals surface area contributed by atoms with Crippen molar-refractivity contribution in [1.82, 2.24) is 0 Å². The van der Waals surface area contributed by atoms with Crippen LogP contribution in [0.4, 0.5) is 0 Å². The second-order valence-corrected chi connectivity index (χ2v) is 19.0. The van der Waals surface area contributed by atoms with Gasteiger partial charge in [0.25, 0.3) is 7.82 Å². The van der Waals surface area contributed by atoms with Gasteiger partial charge in [0, 0.05) is 12.8 Å². The Morgan fingerprint density at radius 2 is 1.03 bits per heavy atom. The standard InChI is InChI=1S/C50H92NO9P/c1-6-8-9-10-11-12-13-14-15-16-17-18-19-23-26-29-32-35-38-41-49(53)57-45-48(46-59-61(55,56)58-44-43-51(3,4)5)60-50(54)42-39-36-33-30-27-24-21-20-22-25-28-31-34-37-40-47(52)7-2/h21-22,24-25,30-31,33-34,47-48,52H,6-20,23,26-29,32,35-46H2,1-5H3/b24-21-,25-22-,33-30-,34-31-/t47-,48-/m1/s1. The van der Waals surface area contributed by atoms with Gasteiger partial charge in [0.2, 0.25) is 0 Å². The summed E-state index contributed by atoms with van der Waals surface area (Å²) < 4.78 is 33.9. The first kappa shape index (κ1) is 58.9. The number of ether oxygens (including phenoxy) is 2. The zero-order valence-electron chi connectivity index (χ0n) is 39.7. The van der Waals surface area contributed by atoms with Crippen LogP contribution in [0.25, 0.3) is 0 Å². The van der Waals surface area contributed by atoms with Gasteiger partial charge in [-0.05, 0) is 57.8 Å². The van der Waals surface area contributed by atoms with E-state index >= 15 is 0 Å². The van der Waals surface area contributed by atoms with Gasteiger partial charge in [-0.25, -0.2) is 0 Å². The van der Waals surface area contributed by atoms with E-state index in [4.69, 9.17) is 18.5 Å². The van der Waals surface area contributed by atoms with Crippen molar-refractivity contribution < 1.29 is 47.2 Å². The van der Waals surface area contributed by atoms with E-state index in [9.17, 15) is 24.2 Å². The van der Waals surface area contributed by atoms with E-state index in [1.165, 1.54) is 103 Å². The van der Waals surface area contributed by atoms with Gasteiger partial charge in [0.05, 0.1) is 33.9 Å². The summed E-state index contributed by atoms with van der Waals surface area (Å²) in [6.07, 6.45) is 46.6. The molecular weight excluding hydrogens is 790 g/mol. The maximum absolute atomic E-state index is 12.7. The highest BCUT2D eigenvalue weighted by Gasteiger charge is 2.21. The number of hydrogen-bond acceptors (Lipinski definition) is 9. The average Bonchev–Trinajstić information content (AvgIpc) is 3.21. The number of nitrogens with zero attached hydrogens (tertiary/aromatic N) is 1. The molecule has 11 heteroatoms. The highest BCUT2D eigenvalue weighted by atomic mass is 31.2. The fourth-order valence-corrected chi connectivity index (χ4v) is 7.24. The number of carbonyl (C=O) groups excluding carboxylic acids is 2. The molecule has 0 radical (unpaired) electrons. The van der Waals surface area contributed by atoms with Gasteiger partial charge in [-0.2, -0.15) is 0 Å². The highest BCUT2D eigenvalue weighted by molar-refractivity contribution is 7.45. The molecule has 0 rings (SSSR count). The largest absolute Gasteiger partial charge is 0.756 e. The summed E-state index contributed by atoms with van der Waals surface area (Å²) in [4.78, 5) is 37.6. The predicted molar refractivity (Wildman–Crippen MR) is 251 cm³/mol. The zero-order chi connectivity index (χ0) is 45.1. The van der Waals surface area contributed by atoms with Gasteiger partial charge >= 0.3 is 11.9 Å². The highest BCUT2D eigenvalue weighted by Crippen LogP contribution is 2.38. The smallest absolute Gasteiger partial charge is 0.306 e. The first-order valence-electron chi connectivity index (χ1n) is 24.4. The molecular formula is C50H92NO9P. The minimum absolute atomic E-state index is 0.0474. The number of phosphoric ester groups is 1. The Morgan fingerprint density at radius 3 is 1.51 bits per heavy atom. The zero-order valence-corrected chi connectivity index (χ0v) is 40.6. The van der Waals surface area contributed by atoms with E-state index in [-0.39, 0.29) is 32.2 Å². The number of phosphoric acid groups is 1. The van der Waals surface area contributed by atoms with Crippen LogP contribution in [0.1, 0.15) is 200 Å². The number of aliphatic hydroxyl groups excluding tert-OH is 1. The lowest BCUT2D eigenvalue weighted by Gasteiger charge is -2.28. The van der Waals surface area contributed by atoms with Gasteiger partial charge in [0.15, 0.2) is 6.10 Å². The van der Waals surface area contributed by atoms with Crippen molar-refractivity contribution in [3.8, 4) is 0 Å². The lowest BCUT2D eigenvalue weighted by Crippen LogP contribution is -2.37. The summed E-state index contributed by atoms with van der Waals surface area (Å²) >= 11 is 0. The van der Waals surface area contributed by atoms with E-state index < -0.39 is 32.5 Å². The van der Waals surface area contributed by atoms with Crippen molar-refractivity contribution in [3.63, 3.8) is 0 Å². The van der Waals surface area contributed by atoms with Crippen molar-refractivity contribution in [1.29, 1.82) is 0 Å². The number of hydrogen-bond donors (Lipinski definition) is 1. The van der Waals surface area contributed by atoms with Crippen molar-refractivity contribution in [2.75, 3.05) is 47.5 Å². The van der Waals surface area contributed by atoms with Gasteiger partial charge in [-0.3, -0.25) is 14.2 Å². The van der Waals surface area contributed by atoms with Gasteiger partial charge in [0.1, 0.15) is 19.8 Å². The SMILES string of the molecule is CCCCCCCCCCCCCCCCCCCCCC(=O)OC[C@H](COP(=O)([O-])OCC[N+](C)(C)C)OC(=O)CCC/C=C\C/C=C\C/C=C\C/C=C\CC[C@H](O)CC. The normalized spacial score (nSPS) is 14.4. The van der Waals surface area contributed by atoms with E-state index in [0.717, 1.165) is 57.8 Å². The maximum atomic E-state index is 12.7. The number of carbonyl (C=O) groups is 2. The van der Waals surface area contributed by atoms with Crippen LogP contribution in [-0.2, 0) is 32.7 Å². The molecule has 0 saturated heterocycles. The Hall–Kier alpha value is -2.07. The lowest BCUT2D eigenvalue weighted by atomic mass is 10.0. The summed E-state index contributed by atoms with van der Waals surface area (Å²) in [5.74, 6) is -0.913. The predicted octanol–water partition coefficient (Wildman–Crippen LogP) is 12.6. The minimum atomic E-state index is -4.65. The summed E-state index contributed by atoms with van der Waals surface area (Å²) in [5.41, 5.74) is 0. The summed E-state index contributed by atoms with van der Waals surface area (Å²) in [6.45, 7) is 3.89. The van der Waals surface area contributed by atoms with Gasteiger partial charge in [-0.15, -0.1) is 0 Å². The first-order chi connectivity index (χ1) is 29.4. The van der Waals surface area contributed by atoms with E-state index in [1.54, 1.807) is 0 Å². The Labute approximate surface area is 374 Å². The molecule has 0 aliphatic heterocycles. The van der Waals surface area contributed by atoms with Crippen molar-refractivity contribution in [3.05, 3.63) is 48.6 Å². The number of esters is 2. The maximum Gasteiger partial charge on any atom is 0.306 e. The van der Waals surface area contributed by atoms with Crippen LogP contribution < -0.4 is 4.89 Å². The number of allylic oxidation sites excluding steroid dienone is 8. The molecule has 356 valence electrons. The Balaban J connectivity index is 4.36. The van der Waals surface area contributed by atoms with Crippen LogP contribution in [0.5, 0.6) is 0 Å². The lowest BCUT2D eigenvalue weighted by molar-refractivity contribution is -0.870. The molecule has 10 nitrogen and oxygen atoms in total. The second-order valence-electron chi connectivity index (χ2n) is 17.6. The molecule has 0 aliphatic carbocycles. The molecule has 0 aromatic rings. The first-order valence-corrected chi connectivity index (χ1v) is 25.9. The number of likely N-dealkylation sites (N-methyl/N-ethyl adjacent to an activating group) is 1. The summed E-state index contributed by atoms with van der Waals surface area (Å²) in [7, 11) is 1.11. The van der Waals surface area contributed by atoms with Crippen LogP contribution in [0.3, 0.4) is 0 Å². The third-order valence-electron chi connectivity index (χ3n) is 10.5. The third-order valence-corrected chi connectivity index (χ3v) is 11.5. The molecule has 0 aliphatic rings. The topological polar surface area (TPSA) is 131 Å². The van der Waals surface area contributed by atoms with Crippen LogP contribution in [0, 0.1) is 0 Å². The molecule has 0 saturated carbocycles. The van der Waals surface area contributed by atoms with E-state index in [0.29, 0.717) is 23.9 Å². The molecule has 0 aromatic carbocycles. The number of unbranched alkanes of at least 4 members (excludes halogenated alkanes) is 19. The molecule has 0 aromatic heterocycles. The Bertz CT molecular complexity index is 1200. The molecule has 1 unspecified atom stereocenters. The average molecular weight is 882 g/mol. The number of rotatable bonds is 44. The number of quaternary nitrogens is 1. The minimum Gasteiger partial charge on any atom is -0.756 e. The summed E-state index contributed by atoms with van der Waals surface area (Å²) in [6, 6.07) is 0. The second kappa shape index (κ2) is 41.9. The number of aliphatic hydroxyl groups is 1.